The van der Waals surface area contributed by atoms with Gasteiger partial charge in [0, 0.05) is 19.2 Å². The summed E-state index contributed by atoms with van der Waals surface area (Å²) in [5.41, 5.74) is 1.07. The Balaban J connectivity index is 1.83. The number of likely N-dealkylation sites (N-methyl/N-ethyl adjacent to an activating group) is 1. The van der Waals surface area contributed by atoms with Crippen molar-refractivity contribution < 1.29 is 31.5 Å². The maximum absolute atomic E-state index is 13.3. The van der Waals surface area contributed by atoms with Gasteiger partial charge in [-0.05, 0) is 36.2 Å². The van der Waals surface area contributed by atoms with Gasteiger partial charge in [0.15, 0.2) is 11.5 Å². The van der Waals surface area contributed by atoms with Crippen molar-refractivity contribution in [3.05, 3.63) is 53.6 Å². The highest BCUT2D eigenvalue weighted by Crippen LogP contribution is 2.30. The highest BCUT2D eigenvalue weighted by Gasteiger charge is 2.32. The lowest BCUT2D eigenvalue weighted by Crippen LogP contribution is -2.36. The van der Waals surface area contributed by atoms with E-state index in [0.717, 1.165) is 12.8 Å². The number of nitrogens with zero attached hydrogens (tertiary/aromatic N) is 2. The third-order valence-electron chi connectivity index (χ3n) is 5.30. The Morgan fingerprint density at radius 1 is 1.18 bits per heavy atom. The molecule has 1 amide bonds. The largest absolute Gasteiger partial charge is 0.493 e. The zero-order valence-corrected chi connectivity index (χ0v) is 19.9. The van der Waals surface area contributed by atoms with Crippen molar-refractivity contribution in [3.8, 4) is 11.5 Å². The Labute approximate surface area is 197 Å². The van der Waals surface area contributed by atoms with Gasteiger partial charge in [0.05, 0.1) is 12.0 Å². The van der Waals surface area contributed by atoms with Crippen LogP contribution in [0.4, 0.5) is 8.78 Å². The van der Waals surface area contributed by atoms with E-state index in [4.69, 9.17) is 4.74 Å². The molecule has 2 aromatic rings. The Hall–Kier alpha value is -3.21. The lowest BCUT2D eigenvalue weighted by atomic mass is 10.1. The van der Waals surface area contributed by atoms with E-state index in [2.05, 4.69) is 14.5 Å². The molecule has 0 saturated carbocycles. The predicted octanol–water partition coefficient (Wildman–Crippen LogP) is 3.55. The number of aliphatic imine (C=N–C) groups is 1. The average molecular weight is 496 g/mol. The number of unbranched alkanes of at least 4 members (excludes halogenated alkanes) is 1. The van der Waals surface area contributed by atoms with Gasteiger partial charge in [0.1, 0.15) is 11.9 Å². The van der Waals surface area contributed by atoms with Crippen LogP contribution in [0.1, 0.15) is 37.3 Å². The number of hydrogen-bond donors (Lipinski definition) is 1. The summed E-state index contributed by atoms with van der Waals surface area (Å²) < 4.78 is 61.9. The molecule has 3 rings (SSSR count). The molecule has 34 heavy (non-hydrogen) atoms. The molecule has 0 aromatic heterocycles. The van der Waals surface area contributed by atoms with E-state index in [1.165, 1.54) is 30.2 Å². The van der Waals surface area contributed by atoms with Crippen LogP contribution in [0.5, 0.6) is 11.5 Å². The number of fused-ring (bicyclic) bond motifs is 1. The second-order valence-electron chi connectivity index (χ2n) is 7.80. The highest BCUT2D eigenvalue weighted by atomic mass is 32.2. The van der Waals surface area contributed by atoms with E-state index in [9.17, 15) is 22.0 Å². The first kappa shape index (κ1) is 25.4. The van der Waals surface area contributed by atoms with Crippen LogP contribution in [0.25, 0.3) is 0 Å². The van der Waals surface area contributed by atoms with Crippen LogP contribution in [-0.4, -0.2) is 51.9 Å². The Kier molecular flexibility index (Phi) is 8.08. The van der Waals surface area contributed by atoms with Crippen molar-refractivity contribution in [3.63, 3.8) is 0 Å². The molecular formula is C23H27F2N3O5S. The zero-order valence-electron chi connectivity index (χ0n) is 19.1. The van der Waals surface area contributed by atoms with E-state index in [0.29, 0.717) is 17.5 Å². The average Bonchev–Trinajstić information content (AvgIpc) is 3.06. The van der Waals surface area contributed by atoms with Crippen molar-refractivity contribution in [1.82, 2.24) is 9.62 Å². The van der Waals surface area contributed by atoms with Gasteiger partial charge in [-0.2, -0.15) is 8.78 Å². The van der Waals surface area contributed by atoms with Crippen LogP contribution >= 0.6 is 0 Å². The fraction of sp³-hybridized carbons (Fsp3) is 0.391. The zero-order chi connectivity index (χ0) is 24.9. The van der Waals surface area contributed by atoms with Crippen LogP contribution in [0.2, 0.25) is 0 Å². The number of carbonyl (C=O) groups is 1. The Morgan fingerprint density at radius 2 is 1.91 bits per heavy atom. The number of rotatable bonds is 10. The molecule has 0 radical (unpaired) electrons. The van der Waals surface area contributed by atoms with Gasteiger partial charge >= 0.3 is 6.61 Å². The molecule has 0 bridgehead atoms. The van der Waals surface area contributed by atoms with Crippen molar-refractivity contribution in [2.75, 3.05) is 14.2 Å². The summed E-state index contributed by atoms with van der Waals surface area (Å²) in [7, 11) is -0.782. The number of carbonyl (C=O) groups excluding carboxylic acids is 1. The highest BCUT2D eigenvalue weighted by molar-refractivity contribution is 7.90. The number of methoxy groups -OCH3 is 1. The number of ether oxygens (including phenoxy) is 2. The quantitative estimate of drug-likeness (QED) is 0.544. The first-order valence-electron chi connectivity index (χ1n) is 10.7. The minimum Gasteiger partial charge on any atom is -0.493 e. The lowest BCUT2D eigenvalue weighted by Gasteiger charge is -2.22. The van der Waals surface area contributed by atoms with Gasteiger partial charge in [-0.1, -0.05) is 38.0 Å². The topological polar surface area (TPSA) is 97.3 Å². The predicted molar refractivity (Wildman–Crippen MR) is 123 cm³/mol. The number of halogens is 2. The second-order valence-corrected chi connectivity index (χ2v) is 9.45. The van der Waals surface area contributed by atoms with Gasteiger partial charge in [-0.3, -0.25) is 14.5 Å². The number of amidine groups is 1. The maximum atomic E-state index is 13.3. The number of hydrogen-bond acceptors (Lipinski definition) is 6. The summed E-state index contributed by atoms with van der Waals surface area (Å²) >= 11 is 0. The van der Waals surface area contributed by atoms with E-state index in [-0.39, 0.29) is 34.7 Å². The van der Waals surface area contributed by atoms with Crippen LogP contribution in [0, 0.1) is 0 Å². The number of sulfonamides is 1. The SMILES string of the molecule is CCCCC(N=C1NS(=O)(=O)c2ccccc21)C(=O)N(C)Cc1ccc(OC(F)F)c(OC)c1. The summed E-state index contributed by atoms with van der Waals surface area (Å²) in [5.74, 6) is -0.127. The Bertz CT molecular complexity index is 1170. The van der Waals surface area contributed by atoms with Gasteiger partial charge < -0.3 is 14.4 Å². The molecule has 0 saturated heterocycles. The molecule has 1 N–H and O–H groups in total. The summed E-state index contributed by atoms with van der Waals surface area (Å²) in [5, 5.41) is 0. The molecule has 1 heterocycles. The number of amides is 1. The lowest BCUT2D eigenvalue weighted by molar-refractivity contribution is -0.131. The van der Waals surface area contributed by atoms with Crippen molar-refractivity contribution >= 4 is 21.8 Å². The normalized spacial score (nSPS) is 16.1. The minimum atomic E-state index is -3.72. The minimum absolute atomic E-state index is 0.102. The molecule has 0 spiro atoms. The fourth-order valence-corrected chi connectivity index (χ4v) is 4.88. The number of nitrogens with one attached hydrogen (secondary N) is 1. The molecule has 1 aliphatic rings. The van der Waals surface area contributed by atoms with Crippen LogP contribution in [0.3, 0.4) is 0 Å². The second kappa shape index (κ2) is 10.8. The molecule has 2 aromatic carbocycles. The summed E-state index contributed by atoms with van der Waals surface area (Å²) in [6, 6.07) is 10.1. The summed E-state index contributed by atoms with van der Waals surface area (Å²) in [6.07, 6.45) is 2.00. The molecule has 8 nitrogen and oxygen atoms in total. The van der Waals surface area contributed by atoms with Crippen molar-refractivity contribution in [2.24, 2.45) is 4.99 Å². The van der Waals surface area contributed by atoms with Crippen molar-refractivity contribution in [1.29, 1.82) is 0 Å². The number of benzene rings is 2. The van der Waals surface area contributed by atoms with Gasteiger partial charge in [0.25, 0.3) is 10.0 Å². The molecule has 1 atom stereocenters. The first-order valence-corrected chi connectivity index (χ1v) is 12.2. The van der Waals surface area contributed by atoms with Crippen LogP contribution < -0.4 is 14.2 Å². The molecular weight excluding hydrogens is 468 g/mol. The fourth-order valence-electron chi connectivity index (χ4n) is 3.64. The monoisotopic (exact) mass is 495 g/mol. The van der Waals surface area contributed by atoms with E-state index < -0.39 is 22.7 Å². The molecule has 184 valence electrons. The maximum Gasteiger partial charge on any atom is 0.387 e. The molecule has 1 aliphatic heterocycles. The van der Waals surface area contributed by atoms with E-state index >= 15 is 0 Å². The molecule has 11 heteroatoms. The smallest absolute Gasteiger partial charge is 0.387 e. The number of alkyl halides is 2. The van der Waals surface area contributed by atoms with Gasteiger partial charge in [0.2, 0.25) is 5.91 Å². The van der Waals surface area contributed by atoms with Gasteiger partial charge in [-0.15, -0.1) is 0 Å². The molecule has 0 fully saturated rings. The summed E-state index contributed by atoms with van der Waals surface area (Å²) in [4.78, 5) is 19.4. The summed E-state index contributed by atoms with van der Waals surface area (Å²) in [6.45, 7) is -0.832. The third-order valence-corrected chi connectivity index (χ3v) is 6.70. The van der Waals surface area contributed by atoms with Crippen molar-refractivity contribution in [2.45, 2.75) is 50.3 Å². The Morgan fingerprint density at radius 3 is 2.59 bits per heavy atom. The standard InChI is InChI=1S/C23H27F2N3O5S/c1-4-5-9-17(26-21-16-8-6-7-10-20(16)34(30,31)27-21)22(29)28(2)14-15-11-12-18(33-23(24)25)19(13-15)32-3/h6-8,10-13,17,23H,4-5,9,14H2,1-3H3,(H,26,27). The van der Waals surface area contributed by atoms with Gasteiger partial charge in [-0.25, -0.2) is 8.42 Å². The first-order chi connectivity index (χ1) is 16.2. The van der Waals surface area contributed by atoms with E-state index in [1.807, 2.05) is 6.92 Å². The molecule has 1 unspecified atom stereocenters. The van der Waals surface area contributed by atoms with Crippen LogP contribution in [-0.2, 0) is 21.4 Å². The third kappa shape index (κ3) is 5.82. The van der Waals surface area contributed by atoms with Crippen LogP contribution in [0.15, 0.2) is 52.4 Å². The van der Waals surface area contributed by atoms with E-state index in [1.54, 1.807) is 31.3 Å². The molecule has 0 aliphatic carbocycles.